The zero-order chi connectivity index (χ0) is 30.5. The quantitative estimate of drug-likeness (QED) is 0.157. The van der Waals surface area contributed by atoms with E-state index in [-0.39, 0.29) is 30.4 Å². The Bertz CT molecular complexity index is 1750. The summed E-state index contributed by atoms with van der Waals surface area (Å²) in [4.78, 5) is 12.4. The molecule has 1 aliphatic heterocycles. The van der Waals surface area contributed by atoms with E-state index >= 15 is 0 Å². The third-order valence-electron chi connectivity index (χ3n) is 6.72. The van der Waals surface area contributed by atoms with Gasteiger partial charge in [-0.2, -0.15) is 5.26 Å². The minimum absolute atomic E-state index is 0.0529. The molecule has 0 aliphatic carbocycles. The number of esters is 1. The molecular weight excluding hydrogens is 591 g/mol. The van der Waals surface area contributed by atoms with Crippen LogP contribution in [0.2, 0.25) is 10.0 Å². The number of carbonyl (C=O) groups is 1. The van der Waals surface area contributed by atoms with Gasteiger partial charge in [-0.15, -0.1) is 0 Å². The van der Waals surface area contributed by atoms with Gasteiger partial charge in [-0.1, -0.05) is 59.1 Å². The predicted molar refractivity (Wildman–Crippen MR) is 162 cm³/mol. The van der Waals surface area contributed by atoms with Crippen LogP contribution >= 0.6 is 23.2 Å². The molecule has 0 radical (unpaired) electrons. The van der Waals surface area contributed by atoms with Crippen LogP contribution < -0.4 is 29.4 Å². The summed E-state index contributed by atoms with van der Waals surface area (Å²) in [5.41, 5.74) is 9.62. The lowest BCUT2D eigenvalue weighted by Crippen LogP contribution is -2.21. The topological polar surface area (TPSA) is 113 Å². The first kappa shape index (κ1) is 29.6. The molecule has 10 heteroatoms. The van der Waals surface area contributed by atoms with Crippen LogP contribution in [0.4, 0.5) is 0 Å². The first-order valence-corrected chi connectivity index (χ1v) is 13.9. The summed E-state index contributed by atoms with van der Waals surface area (Å²) in [6.45, 7) is 1.88. The summed E-state index contributed by atoms with van der Waals surface area (Å²) >= 11 is 12.3. The van der Waals surface area contributed by atoms with Gasteiger partial charge in [-0.05, 0) is 55.0 Å². The SMILES string of the molecule is COc1cc(C2C(C#N)=C(N)Oc3cc(OC(=O)COc4ccc(C)cc4)ccc32)ccc1OCc1ccc(Cl)cc1Cl. The number of fused-ring (bicyclic) bond motifs is 1. The van der Waals surface area contributed by atoms with Crippen molar-refractivity contribution in [3.05, 3.63) is 123 Å². The normalized spacial score (nSPS) is 13.8. The Morgan fingerprint density at radius 1 is 0.953 bits per heavy atom. The monoisotopic (exact) mass is 616 g/mol. The first-order valence-electron chi connectivity index (χ1n) is 13.1. The molecule has 0 bridgehead atoms. The average Bonchev–Trinajstić information content (AvgIpc) is 2.99. The fourth-order valence-electron chi connectivity index (χ4n) is 4.56. The molecule has 1 heterocycles. The van der Waals surface area contributed by atoms with Gasteiger partial charge in [0.05, 0.1) is 13.0 Å². The van der Waals surface area contributed by atoms with E-state index in [9.17, 15) is 10.1 Å². The second kappa shape index (κ2) is 13.0. The predicted octanol–water partition coefficient (Wildman–Crippen LogP) is 7.09. The standard InChI is InChI=1S/C33H26Cl2N2O6/c1-19-3-8-23(9-4-19)40-18-31(38)42-24-10-11-25-29(15-24)43-33(37)26(16-36)32(25)20-6-12-28(30(13-20)39-2)41-17-21-5-7-22(34)14-27(21)35/h3-15,32H,17-18,37H2,1-2H3. The number of rotatable bonds is 9. The van der Waals surface area contributed by atoms with Crippen molar-refractivity contribution in [2.45, 2.75) is 19.4 Å². The summed E-state index contributed by atoms with van der Waals surface area (Å²) in [5, 5.41) is 11.0. The van der Waals surface area contributed by atoms with Gasteiger partial charge in [-0.25, -0.2) is 4.79 Å². The summed E-state index contributed by atoms with van der Waals surface area (Å²) in [5.74, 6) is 0.866. The van der Waals surface area contributed by atoms with E-state index in [0.29, 0.717) is 44.2 Å². The van der Waals surface area contributed by atoms with Crippen molar-refractivity contribution in [1.82, 2.24) is 0 Å². The minimum Gasteiger partial charge on any atom is -0.493 e. The molecule has 1 unspecified atom stereocenters. The lowest BCUT2D eigenvalue weighted by Gasteiger charge is -2.27. The van der Waals surface area contributed by atoms with Crippen molar-refractivity contribution in [2.24, 2.45) is 5.73 Å². The number of hydrogen-bond donors (Lipinski definition) is 1. The molecule has 1 atom stereocenters. The molecule has 0 amide bonds. The Hall–Kier alpha value is -4.84. The van der Waals surface area contributed by atoms with Crippen molar-refractivity contribution in [3.63, 3.8) is 0 Å². The van der Waals surface area contributed by atoms with E-state index in [0.717, 1.165) is 11.1 Å². The smallest absolute Gasteiger partial charge is 0.349 e. The second-order valence-electron chi connectivity index (χ2n) is 9.63. The Morgan fingerprint density at radius 3 is 2.44 bits per heavy atom. The number of ether oxygens (including phenoxy) is 5. The third-order valence-corrected chi connectivity index (χ3v) is 7.31. The largest absolute Gasteiger partial charge is 0.493 e. The molecule has 5 rings (SSSR count). The summed E-state index contributed by atoms with van der Waals surface area (Å²) in [6, 6.07) is 24.9. The number of allylic oxidation sites excluding steroid dienone is 1. The second-order valence-corrected chi connectivity index (χ2v) is 10.5. The molecule has 0 fully saturated rings. The van der Waals surface area contributed by atoms with Crippen molar-refractivity contribution in [2.75, 3.05) is 13.7 Å². The highest BCUT2D eigenvalue weighted by molar-refractivity contribution is 6.35. The van der Waals surface area contributed by atoms with Crippen LogP contribution in [0.5, 0.6) is 28.7 Å². The Balaban J connectivity index is 1.35. The van der Waals surface area contributed by atoms with Crippen LogP contribution in [0.25, 0.3) is 0 Å². The van der Waals surface area contributed by atoms with E-state index in [1.165, 1.54) is 7.11 Å². The number of methoxy groups -OCH3 is 1. The van der Waals surface area contributed by atoms with Crippen molar-refractivity contribution in [1.29, 1.82) is 5.26 Å². The van der Waals surface area contributed by atoms with E-state index in [4.69, 9.17) is 52.6 Å². The molecule has 4 aromatic rings. The van der Waals surface area contributed by atoms with Gasteiger partial charge in [0.15, 0.2) is 18.1 Å². The number of halogens is 2. The lowest BCUT2D eigenvalue weighted by molar-refractivity contribution is -0.136. The van der Waals surface area contributed by atoms with Gasteiger partial charge < -0.3 is 29.4 Å². The molecule has 1 aliphatic rings. The van der Waals surface area contributed by atoms with Crippen molar-refractivity contribution < 1.29 is 28.5 Å². The van der Waals surface area contributed by atoms with Crippen LogP contribution in [0.3, 0.4) is 0 Å². The lowest BCUT2D eigenvalue weighted by atomic mass is 9.83. The molecule has 218 valence electrons. The van der Waals surface area contributed by atoms with Crippen molar-refractivity contribution >= 4 is 29.2 Å². The summed E-state index contributed by atoms with van der Waals surface area (Å²) in [6.07, 6.45) is 0. The number of nitrogens with two attached hydrogens (primary N) is 1. The zero-order valence-corrected chi connectivity index (χ0v) is 24.7. The number of nitrogens with zero attached hydrogens (tertiary/aromatic N) is 1. The fraction of sp³-hybridized carbons (Fsp3) is 0.152. The number of carbonyl (C=O) groups excluding carboxylic acids is 1. The van der Waals surface area contributed by atoms with Crippen molar-refractivity contribution in [3.8, 4) is 34.8 Å². The van der Waals surface area contributed by atoms with Crippen LogP contribution in [0.1, 0.15) is 28.2 Å². The fourth-order valence-corrected chi connectivity index (χ4v) is 5.02. The molecule has 2 N–H and O–H groups in total. The van der Waals surface area contributed by atoms with Crippen LogP contribution in [-0.4, -0.2) is 19.7 Å². The molecule has 0 saturated heterocycles. The summed E-state index contributed by atoms with van der Waals surface area (Å²) < 4.78 is 28.3. The van der Waals surface area contributed by atoms with Gasteiger partial charge >= 0.3 is 5.97 Å². The van der Waals surface area contributed by atoms with Gasteiger partial charge in [-0.3, -0.25) is 0 Å². The van der Waals surface area contributed by atoms with Crippen LogP contribution in [-0.2, 0) is 11.4 Å². The maximum absolute atomic E-state index is 12.4. The molecule has 0 spiro atoms. The van der Waals surface area contributed by atoms with Crippen LogP contribution in [0, 0.1) is 18.3 Å². The number of benzene rings is 4. The maximum Gasteiger partial charge on any atom is 0.349 e. The third kappa shape index (κ3) is 6.81. The van der Waals surface area contributed by atoms with E-state index in [1.54, 1.807) is 60.7 Å². The zero-order valence-electron chi connectivity index (χ0n) is 23.2. The highest BCUT2D eigenvalue weighted by Crippen LogP contribution is 2.45. The van der Waals surface area contributed by atoms with Crippen LogP contribution in [0.15, 0.2) is 90.3 Å². The number of aryl methyl sites for hydroxylation is 1. The van der Waals surface area contributed by atoms with Gasteiger partial charge in [0.1, 0.15) is 35.5 Å². The maximum atomic E-state index is 12.4. The van der Waals surface area contributed by atoms with E-state index in [1.807, 2.05) is 25.1 Å². The number of hydrogen-bond acceptors (Lipinski definition) is 8. The Kier molecular flexibility index (Phi) is 8.96. The van der Waals surface area contributed by atoms with E-state index in [2.05, 4.69) is 6.07 Å². The molecule has 0 saturated carbocycles. The summed E-state index contributed by atoms with van der Waals surface area (Å²) in [7, 11) is 1.53. The molecular formula is C33H26Cl2N2O6. The molecule has 43 heavy (non-hydrogen) atoms. The molecule has 8 nitrogen and oxygen atoms in total. The Morgan fingerprint density at radius 2 is 1.72 bits per heavy atom. The minimum atomic E-state index is -0.589. The Labute approximate surface area is 258 Å². The van der Waals surface area contributed by atoms with Gasteiger partial charge in [0.25, 0.3) is 0 Å². The highest BCUT2D eigenvalue weighted by Gasteiger charge is 2.32. The molecule has 0 aromatic heterocycles. The highest BCUT2D eigenvalue weighted by atomic mass is 35.5. The van der Waals surface area contributed by atoms with E-state index < -0.39 is 11.9 Å². The first-order chi connectivity index (χ1) is 20.7. The molecule has 4 aromatic carbocycles. The number of nitriles is 1. The average molecular weight is 617 g/mol. The van der Waals surface area contributed by atoms with Gasteiger partial charge in [0.2, 0.25) is 5.88 Å². The van der Waals surface area contributed by atoms with Gasteiger partial charge in [0, 0.05) is 27.2 Å².